The average Bonchev–Trinajstić information content (AvgIpc) is 2.45. The molecule has 0 saturated carbocycles. The van der Waals surface area contributed by atoms with Crippen LogP contribution in [0.4, 0.5) is 11.4 Å². The zero-order valence-corrected chi connectivity index (χ0v) is 13.2. The Bertz CT molecular complexity index is 631. The summed E-state index contributed by atoms with van der Waals surface area (Å²) in [6.07, 6.45) is 0. The minimum absolute atomic E-state index is 0.265. The van der Waals surface area contributed by atoms with Crippen LogP contribution in [0, 0.1) is 0 Å². The second-order valence-electron chi connectivity index (χ2n) is 4.33. The van der Waals surface area contributed by atoms with Gasteiger partial charge in [0.05, 0.1) is 14.2 Å². The monoisotopic (exact) mass is 350 g/mol. The third-order valence-corrected chi connectivity index (χ3v) is 3.25. The van der Waals surface area contributed by atoms with E-state index in [1.165, 1.54) is 0 Å². The lowest BCUT2D eigenvalue weighted by Crippen LogP contribution is -2.12. The van der Waals surface area contributed by atoms with Gasteiger partial charge in [-0.05, 0) is 18.2 Å². The first-order chi connectivity index (χ1) is 10.0. The number of nitrogen functional groups attached to an aromatic ring is 1. The van der Waals surface area contributed by atoms with Crippen molar-refractivity contribution in [3.63, 3.8) is 0 Å². The van der Waals surface area contributed by atoms with Crippen LogP contribution in [0.5, 0.6) is 11.5 Å². The van der Waals surface area contributed by atoms with Gasteiger partial charge in [0.1, 0.15) is 11.5 Å². The topological polar surface area (TPSA) is 73.6 Å². The van der Waals surface area contributed by atoms with Crippen molar-refractivity contribution < 1.29 is 14.3 Å². The molecule has 0 aliphatic heterocycles. The van der Waals surface area contributed by atoms with Crippen LogP contribution < -0.4 is 20.5 Å². The predicted octanol–water partition coefficient (Wildman–Crippen LogP) is 3.30. The number of halogens is 1. The highest BCUT2D eigenvalue weighted by molar-refractivity contribution is 9.10. The molecule has 0 atom stereocenters. The minimum atomic E-state index is -0.265. The first-order valence-corrected chi connectivity index (χ1v) is 6.91. The second-order valence-corrected chi connectivity index (χ2v) is 5.24. The van der Waals surface area contributed by atoms with Gasteiger partial charge in [-0.3, -0.25) is 4.79 Å². The van der Waals surface area contributed by atoms with Crippen molar-refractivity contribution in [2.24, 2.45) is 0 Å². The number of benzene rings is 2. The normalized spacial score (nSPS) is 10.0. The molecule has 0 aliphatic rings. The number of carbonyl (C=O) groups excluding carboxylic acids is 1. The Labute approximate surface area is 131 Å². The molecule has 0 spiro atoms. The summed E-state index contributed by atoms with van der Waals surface area (Å²) < 4.78 is 11.1. The summed E-state index contributed by atoms with van der Waals surface area (Å²) in [6, 6.07) is 10.2. The van der Waals surface area contributed by atoms with Crippen LogP contribution >= 0.6 is 15.9 Å². The lowest BCUT2D eigenvalue weighted by Gasteiger charge is -2.10. The third-order valence-electron chi connectivity index (χ3n) is 2.79. The Morgan fingerprint density at radius 2 is 1.67 bits per heavy atom. The number of hydrogen-bond donors (Lipinski definition) is 2. The van der Waals surface area contributed by atoms with E-state index in [1.54, 1.807) is 50.6 Å². The largest absolute Gasteiger partial charge is 0.497 e. The molecule has 110 valence electrons. The Morgan fingerprint density at radius 1 is 1.05 bits per heavy atom. The van der Waals surface area contributed by atoms with E-state index in [0.29, 0.717) is 28.4 Å². The smallest absolute Gasteiger partial charge is 0.255 e. The van der Waals surface area contributed by atoms with Gasteiger partial charge in [0, 0.05) is 39.6 Å². The highest BCUT2D eigenvalue weighted by Crippen LogP contribution is 2.26. The molecule has 5 nitrogen and oxygen atoms in total. The van der Waals surface area contributed by atoms with Crippen molar-refractivity contribution >= 4 is 33.2 Å². The molecule has 6 heteroatoms. The van der Waals surface area contributed by atoms with Gasteiger partial charge < -0.3 is 20.5 Å². The van der Waals surface area contributed by atoms with Crippen LogP contribution in [0.3, 0.4) is 0 Å². The van der Waals surface area contributed by atoms with Crippen molar-refractivity contribution in [2.75, 3.05) is 25.3 Å². The van der Waals surface area contributed by atoms with Gasteiger partial charge in [0.15, 0.2) is 0 Å². The molecule has 0 fully saturated rings. The van der Waals surface area contributed by atoms with Gasteiger partial charge in [0.2, 0.25) is 0 Å². The van der Waals surface area contributed by atoms with Crippen molar-refractivity contribution in [3.05, 3.63) is 46.4 Å². The molecule has 0 aliphatic carbocycles. The van der Waals surface area contributed by atoms with Crippen LogP contribution in [-0.4, -0.2) is 20.1 Å². The fourth-order valence-electron chi connectivity index (χ4n) is 1.83. The quantitative estimate of drug-likeness (QED) is 0.829. The molecule has 2 aromatic carbocycles. The van der Waals surface area contributed by atoms with E-state index in [2.05, 4.69) is 21.2 Å². The van der Waals surface area contributed by atoms with Crippen molar-refractivity contribution in [1.29, 1.82) is 0 Å². The Hall–Kier alpha value is -2.21. The number of hydrogen-bond acceptors (Lipinski definition) is 4. The van der Waals surface area contributed by atoms with Crippen LogP contribution in [0.1, 0.15) is 10.4 Å². The number of rotatable bonds is 4. The van der Waals surface area contributed by atoms with E-state index < -0.39 is 0 Å². The Balaban J connectivity index is 2.26. The summed E-state index contributed by atoms with van der Waals surface area (Å²) >= 11 is 3.31. The maximum Gasteiger partial charge on any atom is 0.255 e. The van der Waals surface area contributed by atoms with Crippen LogP contribution in [-0.2, 0) is 0 Å². The molecule has 1 amide bonds. The average molecular weight is 351 g/mol. The number of anilines is 2. The van der Waals surface area contributed by atoms with Gasteiger partial charge in [-0.2, -0.15) is 0 Å². The second kappa shape index (κ2) is 6.49. The van der Waals surface area contributed by atoms with E-state index in [-0.39, 0.29) is 5.91 Å². The molecule has 0 unspecified atom stereocenters. The summed E-state index contributed by atoms with van der Waals surface area (Å²) in [5, 5.41) is 2.79. The summed E-state index contributed by atoms with van der Waals surface area (Å²) in [4.78, 5) is 12.2. The Kier molecular flexibility index (Phi) is 4.70. The number of ether oxygens (including phenoxy) is 2. The third kappa shape index (κ3) is 3.88. The lowest BCUT2D eigenvalue weighted by atomic mass is 10.2. The van der Waals surface area contributed by atoms with Crippen molar-refractivity contribution in [2.45, 2.75) is 0 Å². The SMILES string of the molecule is COc1cc(NC(=O)c2cc(N)cc(Br)c2)cc(OC)c1. The number of amides is 1. The van der Waals surface area contributed by atoms with Crippen LogP contribution in [0.15, 0.2) is 40.9 Å². The van der Waals surface area contributed by atoms with Gasteiger partial charge >= 0.3 is 0 Å². The van der Waals surface area contributed by atoms with Crippen LogP contribution in [0.25, 0.3) is 0 Å². The summed E-state index contributed by atoms with van der Waals surface area (Å²) in [5.74, 6) is 0.926. The zero-order chi connectivity index (χ0) is 15.4. The summed E-state index contributed by atoms with van der Waals surface area (Å²) in [6.45, 7) is 0. The highest BCUT2D eigenvalue weighted by atomic mass is 79.9. The molecule has 2 rings (SSSR count). The van der Waals surface area contributed by atoms with Gasteiger partial charge in [-0.1, -0.05) is 15.9 Å². The highest BCUT2D eigenvalue weighted by Gasteiger charge is 2.10. The fraction of sp³-hybridized carbons (Fsp3) is 0.133. The number of nitrogens with one attached hydrogen (secondary N) is 1. The number of carbonyl (C=O) groups is 1. The van der Waals surface area contributed by atoms with Gasteiger partial charge in [-0.15, -0.1) is 0 Å². The lowest BCUT2D eigenvalue weighted by molar-refractivity contribution is 0.102. The molecule has 0 bridgehead atoms. The van der Waals surface area contributed by atoms with Crippen molar-refractivity contribution in [1.82, 2.24) is 0 Å². The molecule has 2 aromatic rings. The summed E-state index contributed by atoms with van der Waals surface area (Å²) in [5.41, 5.74) is 7.28. The molecule has 0 saturated heterocycles. The fourth-order valence-corrected chi connectivity index (χ4v) is 2.34. The van der Waals surface area contributed by atoms with E-state index >= 15 is 0 Å². The van der Waals surface area contributed by atoms with Crippen molar-refractivity contribution in [3.8, 4) is 11.5 Å². The van der Waals surface area contributed by atoms with Gasteiger partial charge in [0.25, 0.3) is 5.91 Å². The molecule has 3 N–H and O–H groups in total. The first-order valence-electron chi connectivity index (χ1n) is 6.12. The molecule has 0 radical (unpaired) electrons. The number of nitrogens with two attached hydrogens (primary N) is 1. The number of methoxy groups -OCH3 is 2. The molecule has 0 heterocycles. The minimum Gasteiger partial charge on any atom is -0.497 e. The van der Waals surface area contributed by atoms with E-state index in [9.17, 15) is 4.79 Å². The van der Waals surface area contributed by atoms with Gasteiger partial charge in [-0.25, -0.2) is 0 Å². The maximum absolute atomic E-state index is 12.2. The van der Waals surface area contributed by atoms with E-state index in [4.69, 9.17) is 15.2 Å². The molecular weight excluding hydrogens is 336 g/mol. The Morgan fingerprint density at radius 3 is 2.19 bits per heavy atom. The first kappa shape index (κ1) is 15.2. The maximum atomic E-state index is 12.2. The molecule has 21 heavy (non-hydrogen) atoms. The molecular formula is C15H15BrN2O3. The van der Waals surface area contributed by atoms with E-state index in [1.807, 2.05) is 0 Å². The zero-order valence-electron chi connectivity index (χ0n) is 11.6. The standard InChI is InChI=1S/C15H15BrN2O3/c1-20-13-6-12(7-14(8-13)21-2)18-15(19)9-3-10(16)5-11(17)4-9/h3-8H,17H2,1-2H3,(H,18,19). The van der Waals surface area contributed by atoms with Crippen LogP contribution in [0.2, 0.25) is 0 Å². The van der Waals surface area contributed by atoms with E-state index in [0.717, 1.165) is 4.47 Å². The summed E-state index contributed by atoms with van der Waals surface area (Å²) in [7, 11) is 3.10. The predicted molar refractivity (Wildman–Crippen MR) is 86.1 cm³/mol. The molecule has 0 aromatic heterocycles.